The van der Waals surface area contributed by atoms with Crippen LogP contribution in [-0.2, 0) is 35.8 Å². The van der Waals surface area contributed by atoms with Gasteiger partial charge in [0.2, 0.25) is 0 Å². The monoisotopic (exact) mass is 230 g/mol. The van der Waals surface area contributed by atoms with Gasteiger partial charge in [0.15, 0.2) is 0 Å². The Morgan fingerprint density at radius 1 is 1.10 bits per heavy atom. The fraction of sp³-hybridized carbons (Fsp3) is 0. The molecular weight excluding hydrogens is 226 g/mol. The molecule has 0 bridgehead atoms. The minimum absolute atomic E-state index is 0. The maximum absolute atomic E-state index is 9.55. The number of aliphatic carboxylic acids is 2. The maximum Gasteiger partial charge on any atom is 1.00 e. The minimum Gasteiger partial charge on any atom is -1.00 e. The van der Waals surface area contributed by atoms with Crippen LogP contribution >= 0.6 is 0 Å². The van der Waals surface area contributed by atoms with Crippen LogP contribution in [0.25, 0.3) is 0 Å². The Bertz CT molecular complexity index is 133. The molecule has 0 amide bonds. The first-order valence-corrected chi connectivity index (χ1v) is 1.77. The molecule has 0 aromatic carbocycles. The number of rotatable bonds is 2. The van der Waals surface area contributed by atoms with Crippen molar-refractivity contribution in [1.29, 1.82) is 0 Å². The van der Waals surface area contributed by atoms with Crippen LogP contribution in [0.5, 0.6) is 0 Å². The van der Waals surface area contributed by atoms with E-state index in [9.17, 15) is 9.59 Å². The summed E-state index contributed by atoms with van der Waals surface area (Å²) in [6.07, 6.45) is 1.12. The second-order valence-corrected chi connectivity index (χ2v) is 1.01. The first-order valence-electron chi connectivity index (χ1n) is 1.77. The van der Waals surface area contributed by atoms with E-state index in [0.717, 1.165) is 0 Å². The Labute approximate surface area is 100 Å². The summed E-state index contributed by atoms with van der Waals surface area (Å²) in [5.41, 5.74) is 0. The summed E-state index contributed by atoms with van der Waals surface area (Å²) in [4.78, 5) is 19.1. The molecule has 0 spiro atoms. The van der Waals surface area contributed by atoms with Crippen molar-refractivity contribution >= 4 is 11.9 Å². The summed E-state index contributed by atoms with van der Waals surface area (Å²) in [7, 11) is 0. The van der Waals surface area contributed by atoms with Crippen LogP contribution in [0, 0.1) is 0 Å². The third kappa shape index (κ3) is 15.8. The van der Waals surface area contributed by atoms with Gasteiger partial charge >= 0.3 is 41.5 Å². The largest absolute Gasteiger partial charge is 1.00 e. The fourth-order valence-electron chi connectivity index (χ4n) is 0.143. The van der Waals surface area contributed by atoms with Crippen molar-refractivity contribution in [2.45, 2.75) is 0 Å². The summed E-state index contributed by atoms with van der Waals surface area (Å²) in [6.45, 7) is 0. The second kappa shape index (κ2) is 9.56. The quantitative estimate of drug-likeness (QED) is 0.388. The van der Waals surface area contributed by atoms with Gasteiger partial charge in [0.25, 0.3) is 0 Å². The van der Waals surface area contributed by atoms with E-state index in [2.05, 4.69) is 0 Å². The summed E-state index contributed by atoms with van der Waals surface area (Å²) < 4.78 is 0. The summed E-state index contributed by atoms with van der Waals surface area (Å²) in [5, 5.41) is 15.6. The van der Waals surface area contributed by atoms with Crippen molar-refractivity contribution in [2.24, 2.45) is 0 Å². The predicted molar refractivity (Wildman–Crippen MR) is 25.5 cm³/mol. The number of carboxylic acids is 2. The van der Waals surface area contributed by atoms with Gasteiger partial charge in [-0.2, -0.15) is 0 Å². The molecule has 0 saturated carbocycles. The smallest absolute Gasteiger partial charge is 1.00 e. The number of carboxylic acid groups (broad SMARTS) is 2. The van der Waals surface area contributed by atoms with Crippen LogP contribution in [0.4, 0.5) is 0 Å². The van der Waals surface area contributed by atoms with Crippen molar-refractivity contribution in [3.05, 3.63) is 12.2 Å². The zero-order valence-corrected chi connectivity index (χ0v) is 9.82. The molecule has 0 aliphatic carbocycles. The SMILES string of the molecule is O=C(O)/C=C\C(=O)O.[H-].[Na+].[Zr]. The normalized spacial score (nSPS) is 7.60. The van der Waals surface area contributed by atoms with E-state index < -0.39 is 11.9 Å². The van der Waals surface area contributed by atoms with E-state index in [0.29, 0.717) is 12.2 Å². The Morgan fingerprint density at radius 3 is 1.40 bits per heavy atom. The van der Waals surface area contributed by atoms with Crippen molar-refractivity contribution in [1.82, 2.24) is 0 Å². The topological polar surface area (TPSA) is 74.6 Å². The van der Waals surface area contributed by atoms with Crippen molar-refractivity contribution in [3.63, 3.8) is 0 Å². The molecule has 2 N–H and O–H groups in total. The van der Waals surface area contributed by atoms with Crippen LogP contribution < -0.4 is 29.6 Å². The molecular formula is C4H5NaO4Zr. The number of carbonyl (C=O) groups is 2. The molecule has 0 atom stereocenters. The molecule has 0 aliphatic heterocycles. The van der Waals surface area contributed by atoms with E-state index in [-0.39, 0.29) is 57.2 Å². The van der Waals surface area contributed by atoms with Gasteiger partial charge in [-0.3, -0.25) is 0 Å². The van der Waals surface area contributed by atoms with Crippen molar-refractivity contribution < 1.29 is 77.0 Å². The molecule has 0 aromatic rings. The van der Waals surface area contributed by atoms with Gasteiger partial charge in [0.1, 0.15) is 0 Å². The molecule has 0 radical (unpaired) electrons. The molecule has 50 valence electrons. The molecule has 0 fully saturated rings. The van der Waals surface area contributed by atoms with Gasteiger partial charge in [-0.25, -0.2) is 9.59 Å². The van der Waals surface area contributed by atoms with E-state index in [1.807, 2.05) is 0 Å². The van der Waals surface area contributed by atoms with Gasteiger partial charge in [-0.15, -0.1) is 0 Å². The molecule has 0 rings (SSSR count). The Balaban J connectivity index is -0.0000000817. The minimum atomic E-state index is -1.26. The molecule has 6 heteroatoms. The van der Waals surface area contributed by atoms with E-state index >= 15 is 0 Å². The van der Waals surface area contributed by atoms with Gasteiger partial charge in [-0.1, -0.05) is 0 Å². The zero-order valence-electron chi connectivity index (χ0n) is 6.37. The molecule has 0 saturated heterocycles. The van der Waals surface area contributed by atoms with Crippen LogP contribution in [0.3, 0.4) is 0 Å². The second-order valence-electron chi connectivity index (χ2n) is 1.01. The Kier molecular flexibility index (Phi) is 16.2. The standard InChI is InChI=1S/C4H4O4.Na.Zr.H/c5-3(6)1-2-4(7)8;;;/h1-2H,(H,5,6)(H,7,8);;;/q;+1;;-1/b2-1-;;;. The van der Waals surface area contributed by atoms with E-state index in [1.54, 1.807) is 0 Å². The van der Waals surface area contributed by atoms with Crippen LogP contribution in [0.15, 0.2) is 12.2 Å². The third-order valence-corrected chi connectivity index (χ3v) is 0.368. The Hall–Kier alpha value is 0.563. The first kappa shape index (κ1) is 16.9. The van der Waals surface area contributed by atoms with Gasteiger partial charge in [-0.05, 0) is 0 Å². The Morgan fingerprint density at radius 2 is 1.30 bits per heavy atom. The van der Waals surface area contributed by atoms with Crippen molar-refractivity contribution in [3.8, 4) is 0 Å². The summed E-state index contributed by atoms with van der Waals surface area (Å²) in [6, 6.07) is 0. The number of hydrogen-bond acceptors (Lipinski definition) is 2. The molecule has 0 heterocycles. The van der Waals surface area contributed by atoms with Crippen LogP contribution in [0.1, 0.15) is 1.43 Å². The predicted octanol–water partition coefficient (Wildman–Crippen LogP) is -3.17. The van der Waals surface area contributed by atoms with Gasteiger partial charge in [0, 0.05) is 38.4 Å². The molecule has 0 unspecified atom stereocenters. The summed E-state index contributed by atoms with van der Waals surface area (Å²) >= 11 is 0. The van der Waals surface area contributed by atoms with Gasteiger partial charge in [0.05, 0.1) is 0 Å². The van der Waals surface area contributed by atoms with E-state index in [1.165, 1.54) is 0 Å². The average Bonchev–Trinajstić information content (AvgIpc) is 1.61. The van der Waals surface area contributed by atoms with Crippen LogP contribution in [-0.4, -0.2) is 22.2 Å². The van der Waals surface area contributed by atoms with Crippen LogP contribution in [0.2, 0.25) is 0 Å². The zero-order chi connectivity index (χ0) is 6.57. The van der Waals surface area contributed by atoms with Gasteiger partial charge < -0.3 is 11.6 Å². The summed E-state index contributed by atoms with van der Waals surface area (Å²) in [5.74, 6) is -2.51. The molecule has 10 heavy (non-hydrogen) atoms. The maximum atomic E-state index is 9.55. The van der Waals surface area contributed by atoms with Crippen molar-refractivity contribution in [2.75, 3.05) is 0 Å². The average molecular weight is 231 g/mol. The molecule has 0 aromatic heterocycles. The van der Waals surface area contributed by atoms with E-state index in [4.69, 9.17) is 10.2 Å². The molecule has 4 nitrogen and oxygen atoms in total. The third-order valence-electron chi connectivity index (χ3n) is 0.368. The fourth-order valence-corrected chi connectivity index (χ4v) is 0.143. The number of hydrogen-bond donors (Lipinski definition) is 2. The first-order chi connectivity index (χ1) is 3.63. The molecule has 0 aliphatic rings.